The first kappa shape index (κ1) is 13.9. The van der Waals surface area contributed by atoms with E-state index in [9.17, 15) is 12.8 Å². The van der Waals surface area contributed by atoms with Gasteiger partial charge in [0.25, 0.3) is 10.0 Å². The molecule has 2 rings (SSSR count). The normalized spacial score (nSPS) is 11.5. The molecule has 0 radical (unpaired) electrons. The zero-order valence-corrected chi connectivity index (χ0v) is 13.3. The monoisotopic (exact) mass is 414 g/mol. The Hall–Kier alpha value is -0.510. The van der Waals surface area contributed by atoms with Crippen LogP contribution in [0.2, 0.25) is 0 Å². The first-order valence-corrected chi connectivity index (χ1v) is 8.37. The van der Waals surface area contributed by atoms with Crippen LogP contribution >= 0.6 is 43.2 Å². The van der Waals surface area contributed by atoms with Gasteiger partial charge in [0.2, 0.25) is 5.95 Å². The minimum absolute atomic E-state index is 0.0655. The molecule has 0 aliphatic rings. The molecule has 0 fully saturated rings. The Labute approximate surface area is 124 Å². The zero-order valence-electron chi connectivity index (χ0n) is 8.52. The third kappa shape index (κ3) is 3.08. The van der Waals surface area contributed by atoms with Crippen LogP contribution in [0.3, 0.4) is 0 Å². The highest BCUT2D eigenvalue weighted by molar-refractivity contribution is 9.12. The van der Waals surface area contributed by atoms with Crippen LogP contribution in [-0.4, -0.2) is 13.4 Å². The van der Waals surface area contributed by atoms with Gasteiger partial charge in [-0.2, -0.15) is 4.39 Å². The number of aromatic nitrogens is 1. The molecule has 2 heterocycles. The predicted molar refractivity (Wildman–Crippen MR) is 74.7 cm³/mol. The van der Waals surface area contributed by atoms with Crippen molar-refractivity contribution in [3.63, 3.8) is 0 Å². The van der Waals surface area contributed by atoms with Crippen LogP contribution in [0.25, 0.3) is 0 Å². The van der Waals surface area contributed by atoms with E-state index in [1.807, 2.05) is 0 Å². The third-order valence-electron chi connectivity index (χ3n) is 1.87. The lowest BCUT2D eigenvalue weighted by atomic mass is 10.5. The lowest BCUT2D eigenvalue weighted by Gasteiger charge is -2.05. The summed E-state index contributed by atoms with van der Waals surface area (Å²) in [4.78, 5) is 3.51. The number of anilines is 1. The largest absolute Gasteiger partial charge is 0.265 e. The van der Waals surface area contributed by atoms with Gasteiger partial charge in [0.1, 0.15) is 10.7 Å². The fourth-order valence-corrected chi connectivity index (χ4v) is 5.98. The van der Waals surface area contributed by atoms with Crippen molar-refractivity contribution in [1.82, 2.24) is 4.98 Å². The smallest absolute Gasteiger partial charge is 0.263 e. The maximum atomic E-state index is 12.9. The summed E-state index contributed by atoms with van der Waals surface area (Å²) in [6, 6.07) is 5.33. The molecule has 0 saturated heterocycles. The van der Waals surface area contributed by atoms with Crippen LogP contribution in [0.4, 0.5) is 10.2 Å². The van der Waals surface area contributed by atoms with Crippen molar-refractivity contribution in [2.45, 2.75) is 4.90 Å². The summed E-state index contributed by atoms with van der Waals surface area (Å²) >= 11 is 7.58. The summed E-state index contributed by atoms with van der Waals surface area (Å²) in [6.07, 6.45) is 0. The van der Waals surface area contributed by atoms with Gasteiger partial charge in [-0.05, 0) is 50.1 Å². The van der Waals surface area contributed by atoms with Gasteiger partial charge in [0.15, 0.2) is 0 Å². The second-order valence-corrected chi connectivity index (χ2v) is 8.54. The molecule has 0 aromatic carbocycles. The van der Waals surface area contributed by atoms with Gasteiger partial charge in [0, 0.05) is 0 Å². The maximum Gasteiger partial charge on any atom is 0.265 e. The zero-order chi connectivity index (χ0) is 13.3. The van der Waals surface area contributed by atoms with Crippen LogP contribution in [0.15, 0.2) is 36.7 Å². The number of halogens is 3. The van der Waals surface area contributed by atoms with Crippen LogP contribution in [0.1, 0.15) is 0 Å². The van der Waals surface area contributed by atoms with Gasteiger partial charge >= 0.3 is 0 Å². The summed E-state index contributed by atoms with van der Waals surface area (Å²) in [6.45, 7) is 0. The molecule has 2 aromatic heterocycles. The molecule has 0 spiro atoms. The number of hydrogen-bond acceptors (Lipinski definition) is 4. The summed E-state index contributed by atoms with van der Waals surface area (Å²) in [5, 5.41) is 0. The van der Waals surface area contributed by atoms with Gasteiger partial charge in [0.05, 0.1) is 7.57 Å². The molecule has 0 aliphatic carbocycles. The SMILES string of the molecule is O=S(=O)(Nc1cccc(F)n1)c1cc(Br)sc1Br. The molecular formula is C9H5Br2FN2O2S2. The lowest BCUT2D eigenvalue weighted by Crippen LogP contribution is -2.13. The molecule has 9 heteroatoms. The minimum Gasteiger partial charge on any atom is -0.263 e. The summed E-state index contributed by atoms with van der Waals surface area (Å²) < 4.78 is 40.3. The fraction of sp³-hybridized carbons (Fsp3) is 0. The van der Waals surface area contributed by atoms with E-state index in [1.54, 1.807) is 0 Å². The van der Waals surface area contributed by atoms with Crippen molar-refractivity contribution in [1.29, 1.82) is 0 Å². The Morgan fingerprint density at radius 3 is 2.61 bits per heavy atom. The van der Waals surface area contributed by atoms with Gasteiger partial charge in [-0.15, -0.1) is 11.3 Å². The van der Waals surface area contributed by atoms with Crippen molar-refractivity contribution in [2.75, 3.05) is 4.72 Å². The molecule has 18 heavy (non-hydrogen) atoms. The van der Waals surface area contributed by atoms with Crippen molar-refractivity contribution < 1.29 is 12.8 Å². The number of nitrogens with zero attached hydrogens (tertiary/aromatic N) is 1. The first-order chi connectivity index (χ1) is 8.38. The molecule has 0 bridgehead atoms. The molecule has 0 saturated carbocycles. The van der Waals surface area contributed by atoms with E-state index in [0.717, 1.165) is 6.07 Å². The van der Waals surface area contributed by atoms with Crippen molar-refractivity contribution in [2.24, 2.45) is 0 Å². The second-order valence-electron chi connectivity index (χ2n) is 3.14. The molecule has 1 N–H and O–H groups in total. The van der Waals surface area contributed by atoms with Crippen LogP contribution in [0.5, 0.6) is 0 Å². The standard InChI is InChI=1S/C9H5Br2FN2O2S2/c10-6-4-5(9(11)17-6)18(15,16)14-8-3-1-2-7(12)13-8/h1-4H,(H,13,14). The van der Waals surface area contributed by atoms with Crippen molar-refractivity contribution >= 4 is 59.0 Å². The highest BCUT2D eigenvalue weighted by atomic mass is 79.9. The Morgan fingerprint density at radius 1 is 1.33 bits per heavy atom. The quantitative estimate of drug-likeness (QED) is 0.779. The average molecular weight is 416 g/mol. The van der Waals surface area contributed by atoms with Crippen LogP contribution < -0.4 is 4.72 Å². The van der Waals surface area contributed by atoms with Gasteiger partial charge < -0.3 is 0 Å². The minimum atomic E-state index is -3.79. The van der Waals surface area contributed by atoms with E-state index in [2.05, 4.69) is 41.6 Å². The first-order valence-electron chi connectivity index (χ1n) is 4.49. The van der Waals surface area contributed by atoms with Crippen molar-refractivity contribution in [3.05, 3.63) is 37.8 Å². The highest BCUT2D eigenvalue weighted by Gasteiger charge is 2.21. The number of nitrogens with one attached hydrogen (secondary N) is 1. The van der Waals surface area contributed by atoms with E-state index >= 15 is 0 Å². The number of pyridine rings is 1. The molecule has 0 aliphatic heterocycles. The van der Waals surface area contributed by atoms with E-state index in [4.69, 9.17) is 0 Å². The predicted octanol–water partition coefficient (Wildman–Crippen LogP) is 3.61. The molecule has 2 aromatic rings. The Bertz CT molecular complexity index is 688. The Morgan fingerprint density at radius 2 is 2.06 bits per heavy atom. The summed E-state index contributed by atoms with van der Waals surface area (Å²) in [5.41, 5.74) is 0. The number of sulfonamides is 1. The van der Waals surface area contributed by atoms with Gasteiger partial charge in [-0.1, -0.05) is 6.07 Å². The van der Waals surface area contributed by atoms with Crippen LogP contribution in [0, 0.1) is 5.95 Å². The highest BCUT2D eigenvalue weighted by Crippen LogP contribution is 2.35. The summed E-state index contributed by atoms with van der Waals surface area (Å²) in [7, 11) is -3.79. The molecule has 0 amide bonds. The van der Waals surface area contributed by atoms with E-state index in [1.165, 1.54) is 29.5 Å². The van der Waals surface area contributed by atoms with E-state index in [-0.39, 0.29) is 10.7 Å². The van der Waals surface area contributed by atoms with E-state index in [0.29, 0.717) is 7.57 Å². The summed E-state index contributed by atoms with van der Waals surface area (Å²) in [5.74, 6) is -0.815. The Kier molecular flexibility index (Phi) is 4.05. The topological polar surface area (TPSA) is 59.1 Å². The second kappa shape index (κ2) is 5.24. The van der Waals surface area contributed by atoms with E-state index < -0.39 is 16.0 Å². The van der Waals surface area contributed by atoms with Crippen molar-refractivity contribution in [3.8, 4) is 0 Å². The molecule has 96 valence electrons. The van der Waals surface area contributed by atoms with Crippen LogP contribution in [-0.2, 0) is 10.0 Å². The number of rotatable bonds is 3. The maximum absolute atomic E-state index is 12.9. The molecule has 0 unspecified atom stereocenters. The molecule has 0 atom stereocenters. The lowest BCUT2D eigenvalue weighted by molar-refractivity contribution is 0.584. The average Bonchev–Trinajstić information content (AvgIpc) is 2.58. The number of thiophene rings is 1. The van der Waals surface area contributed by atoms with Gasteiger partial charge in [-0.3, -0.25) is 4.72 Å². The number of hydrogen-bond donors (Lipinski definition) is 1. The molecule has 4 nitrogen and oxygen atoms in total. The molecular weight excluding hydrogens is 411 g/mol. The van der Waals surface area contributed by atoms with Gasteiger partial charge in [-0.25, -0.2) is 13.4 Å². The Balaban J connectivity index is 2.36. The third-order valence-corrected chi connectivity index (χ3v) is 5.98. The fourth-order valence-electron chi connectivity index (χ4n) is 1.17.